The maximum Gasteiger partial charge on any atom is 0.408 e. The first-order valence-electron chi connectivity index (χ1n) is 14.3. The van der Waals surface area contributed by atoms with Gasteiger partial charge in [-0.2, -0.15) is 0 Å². The van der Waals surface area contributed by atoms with Crippen LogP contribution in [0.5, 0.6) is 5.75 Å². The van der Waals surface area contributed by atoms with Crippen LogP contribution in [0.25, 0.3) is 0 Å². The summed E-state index contributed by atoms with van der Waals surface area (Å²) in [6, 6.07) is 10.6. The number of nitrogens with one attached hydrogen (secondary N) is 2. The molecule has 0 spiro atoms. The molecule has 220 valence electrons. The predicted molar refractivity (Wildman–Crippen MR) is 158 cm³/mol. The zero-order chi connectivity index (χ0) is 29.9. The molecule has 3 amide bonds. The number of aryl methyl sites for hydroxylation is 2. The van der Waals surface area contributed by atoms with Crippen LogP contribution in [0.2, 0.25) is 0 Å². The van der Waals surface area contributed by atoms with Crippen LogP contribution in [0.4, 0.5) is 4.79 Å². The molecule has 0 aromatic heterocycles. The number of rotatable bonds is 13. The summed E-state index contributed by atoms with van der Waals surface area (Å²) in [6.07, 6.45) is 2.73. The number of amides is 3. The maximum atomic E-state index is 14.4. The van der Waals surface area contributed by atoms with Gasteiger partial charge in [0, 0.05) is 19.5 Å². The molecular formula is C32H47N3O5. The van der Waals surface area contributed by atoms with Crippen molar-refractivity contribution in [3.05, 3.63) is 64.7 Å². The number of nitrogens with zero attached hydrogens (tertiary/aromatic N) is 1. The van der Waals surface area contributed by atoms with E-state index in [1.165, 1.54) is 0 Å². The molecule has 0 saturated heterocycles. The van der Waals surface area contributed by atoms with Gasteiger partial charge in [-0.05, 0) is 70.7 Å². The number of phenolic OH excluding ortho intramolecular Hbond substituents is 1. The summed E-state index contributed by atoms with van der Waals surface area (Å²) in [5.41, 5.74) is 2.72. The number of carbonyl (C=O) groups excluding carboxylic acids is 3. The highest BCUT2D eigenvalue weighted by molar-refractivity contribution is 5.92. The summed E-state index contributed by atoms with van der Waals surface area (Å²) >= 11 is 0. The summed E-state index contributed by atoms with van der Waals surface area (Å²) in [6.45, 7) is 14.2. The number of benzene rings is 2. The van der Waals surface area contributed by atoms with Gasteiger partial charge in [0.1, 0.15) is 23.4 Å². The van der Waals surface area contributed by atoms with Crippen molar-refractivity contribution in [1.29, 1.82) is 0 Å². The molecule has 0 aliphatic carbocycles. The van der Waals surface area contributed by atoms with E-state index in [0.29, 0.717) is 19.5 Å². The van der Waals surface area contributed by atoms with E-state index >= 15 is 0 Å². The number of hydrogen-bond donors (Lipinski definition) is 3. The number of hydrogen-bond acceptors (Lipinski definition) is 5. The maximum absolute atomic E-state index is 14.4. The standard InChI is InChI=1S/C32H47N3O5/c1-8-10-16-33-29(37)28(25-19-22(3)18-23(4)20-25)35(17-11-9-2)30(38)27(34-31(39)40-32(5,6)7)21-24-12-14-26(36)15-13-24/h12-15,18-20,27-28,36H,8-11,16-17,21H2,1-7H3,(H,33,37)(H,34,39). The van der Waals surface area contributed by atoms with Gasteiger partial charge < -0.3 is 25.4 Å². The molecule has 0 aliphatic rings. The van der Waals surface area contributed by atoms with Crippen LogP contribution in [0, 0.1) is 13.8 Å². The molecule has 2 aromatic carbocycles. The Balaban J connectivity index is 2.56. The molecule has 8 heteroatoms. The second-order valence-corrected chi connectivity index (χ2v) is 11.4. The Morgan fingerprint density at radius 1 is 0.950 bits per heavy atom. The lowest BCUT2D eigenvalue weighted by molar-refractivity contribution is -0.142. The number of alkyl carbamates (subject to hydrolysis) is 1. The van der Waals surface area contributed by atoms with Crippen LogP contribution in [-0.2, 0) is 20.7 Å². The SMILES string of the molecule is CCCCNC(=O)C(c1cc(C)cc(C)c1)N(CCCC)C(=O)C(Cc1ccc(O)cc1)NC(=O)OC(C)(C)C. The molecule has 8 nitrogen and oxygen atoms in total. The molecular weight excluding hydrogens is 506 g/mol. The fraction of sp³-hybridized carbons (Fsp3) is 0.531. The Kier molecular flexibility index (Phi) is 12.5. The Morgan fingerprint density at radius 3 is 2.10 bits per heavy atom. The third kappa shape index (κ3) is 10.5. The minimum Gasteiger partial charge on any atom is -0.508 e. The molecule has 0 aliphatic heterocycles. The number of ether oxygens (including phenoxy) is 1. The van der Waals surface area contributed by atoms with E-state index in [1.807, 2.05) is 39.0 Å². The van der Waals surface area contributed by atoms with Crippen LogP contribution < -0.4 is 10.6 Å². The molecule has 2 atom stereocenters. The van der Waals surface area contributed by atoms with Gasteiger partial charge in [0.15, 0.2) is 0 Å². The first kappa shape index (κ1) is 32.7. The second kappa shape index (κ2) is 15.3. The van der Waals surface area contributed by atoms with E-state index in [0.717, 1.165) is 41.5 Å². The van der Waals surface area contributed by atoms with E-state index in [-0.39, 0.29) is 24.0 Å². The van der Waals surface area contributed by atoms with E-state index in [4.69, 9.17) is 4.74 Å². The third-order valence-corrected chi connectivity index (χ3v) is 6.35. The zero-order valence-corrected chi connectivity index (χ0v) is 25.2. The third-order valence-electron chi connectivity index (χ3n) is 6.35. The van der Waals surface area contributed by atoms with Gasteiger partial charge in [0.05, 0.1) is 0 Å². The Morgan fingerprint density at radius 2 is 1.55 bits per heavy atom. The topological polar surface area (TPSA) is 108 Å². The van der Waals surface area contributed by atoms with Crippen LogP contribution in [-0.4, -0.2) is 52.6 Å². The van der Waals surface area contributed by atoms with Gasteiger partial charge in [-0.3, -0.25) is 9.59 Å². The Hall–Kier alpha value is -3.55. The van der Waals surface area contributed by atoms with Gasteiger partial charge in [-0.1, -0.05) is 68.1 Å². The lowest BCUT2D eigenvalue weighted by Gasteiger charge is -2.35. The van der Waals surface area contributed by atoms with E-state index in [2.05, 4.69) is 17.6 Å². The molecule has 0 fully saturated rings. The fourth-order valence-corrected chi connectivity index (χ4v) is 4.54. The highest BCUT2D eigenvalue weighted by atomic mass is 16.6. The largest absolute Gasteiger partial charge is 0.508 e. The first-order valence-corrected chi connectivity index (χ1v) is 14.3. The molecule has 40 heavy (non-hydrogen) atoms. The molecule has 0 saturated carbocycles. The molecule has 2 rings (SSSR count). The normalized spacial score (nSPS) is 12.8. The minimum absolute atomic E-state index is 0.106. The van der Waals surface area contributed by atoms with Crippen LogP contribution in [0.3, 0.4) is 0 Å². The molecule has 0 radical (unpaired) electrons. The molecule has 2 unspecified atom stereocenters. The summed E-state index contributed by atoms with van der Waals surface area (Å²) in [5.74, 6) is -0.513. The lowest BCUT2D eigenvalue weighted by Crippen LogP contribution is -2.54. The monoisotopic (exact) mass is 553 g/mol. The van der Waals surface area contributed by atoms with Crippen molar-refractivity contribution in [2.75, 3.05) is 13.1 Å². The molecule has 0 bridgehead atoms. The zero-order valence-electron chi connectivity index (χ0n) is 25.2. The quantitative estimate of drug-likeness (QED) is 0.275. The van der Waals surface area contributed by atoms with Gasteiger partial charge >= 0.3 is 6.09 Å². The summed E-state index contributed by atoms with van der Waals surface area (Å²) in [5, 5.41) is 15.5. The van der Waals surface area contributed by atoms with E-state index in [1.54, 1.807) is 49.9 Å². The number of unbranched alkanes of at least 4 members (excludes halogenated alkanes) is 2. The van der Waals surface area contributed by atoms with Crippen LogP contribution in [0.1, 0.15) is 88.6 Å². The minimum atomic E-state index is -0.993. The van der Waals surface area contributed by atoms with Crippen LogP contribution >= 0.6 is 0 Å². The summed E-state index contributed by atoms with van der Waals surface area (Å²) in [7, 11) is 0. The number of aromatic hydroxyl groups is 1. The average Bonchev–Trinajstić information content (AvgIpc) is 2.85. The van der Waals surface area contributed by atoms with Crippen molar-refractivity contribution in [2.24, 2.45) is 0 Å². The van der Waals surface area contributed by atoms with Crippen molar-refractivity contribution in [2.45, 2.75) is 98.3 Å². The van der Waals surface area contributed by atoms with Gasteiger partial charge in [-0.15, -0.1) is 0 Å². The second-order valence-electron chi connectivity index (χ2n) is 11.4. The molecule has 0 heterocycles. The fourth-order valence-electron chi connectivity index (χ4n) is 4.54. The highest BCUT2D eigenvalue weighted by Crippen LogP contribution is 2.26. The van der Waals surface area contributed by atoms with Crippen LogP contribution in [0.15, 0.2) is 42.5 Å². The van der Waals surface area contributed by atoms with Crippen molar-refractivity contribution < 1.29 is 24.2 Å². The number of phenols is 1. The Bertz CT molecular complexity index is 1100. The lowest BCUT2D eigenvalue weighted by atomic mass is 9.97. The summed E-state index contributed by atoms with van der Waals surface area (Å²) in [4.78, 5) is 42.6. The van der Waals surface area contributed by atoms with E-state index < -0.39 is 23.8 Å². The van der Waals surface area contributed by atoms with E-state index in [9.17, 15) is 19.5 Å². The van der Waals surface area contributed by atoms with Crippen molar-refractivity contribution in [1.82, 2.24) is 15.5 Å². The molecule has 3 N–H and O–H groups in total. The average molecular weight is 554 g/mol. The predicted octanol–water partition coefficient (Wildman–Crippen LogP) is 5.73. The number of carbonyl (C=O) groups is 3. The summed E-state index contributed by atoms with van der Waals surface area (Å²) < 4.78 is 5.49. The van der Waals surface area contributed by atoms with Crippen molar-refractivity contribution in [3.63, 3.8) is 0 Å². The highest BCUT2D eigenvalue weighted by Gasteiger charge is 2.36. The first-order chi connectivity index (χ1) is 18.8. The smallest absolute Gasteiger partial charge is 0.408 e. The van der Waals surface area contributed by atoms with Gasteiger partial charge in [-0.25, -0.2) is 4.79 Å². The Labute approximate surface area is 239 Å². The van der Waals surface area contributed by atoms with Gasteiger partial charge in [0.2, 0.25) is 11.8 Å². The van der Waals surface area contributed by atoms with Gasteiger partial charge in [0.25, 0.3) is 0 Å². The van der Waals surface area contributed by atoms with Crippen molar-refractivity contribution in [3.8, 4) is 5.75 Å². The molecule has 2 aromatic rings. The van der Waals surface area contributed by atoms with Crippen molar-refractivity contribution >= 4 is 17.9 Å².